The average Bonchev–Trinajstić information content (AvgIpc) is 3.79. The number of nitriles is 1. The van der Waals surface area contributed by atoms with E-state index < -0.39 is 6.03 Å². The van der Waals surface area contributed by atoms with E-state index in [1.54, 1.807) is 34.2 Å². The van der Waals surface area contributed by atoms with Crippen molar-refractivity contribution < 1.29 is 19.1 Å². The number of benzene rings is 2. The molecule has 2 aromatic carbocycles. The molecule has 2 fully saturated rings. The van der Waals surface area contributed by atoms with Crippen LogP contribution in [0.1, 0.15) is 35.4 Å². The molecular formula is C33H28N6O4S. The van der Waals surface area contributed by atoms with Crippen molar-refractivity contribution in [3.8, 4) is 17.6 Å². The molecule has 4 aromatic rings. The minimum Gasteiger partial charge on any atom is -0.457 e. The first kappa shape index (κ1) is 27.6. The van der Waals surface area contributed by atoms with Gasteiger partial charge in [0.2, 0.25) is 0 Å². The number of piperidine rings is 1. The second-order valence-corrected chi connectivity index (χ2v) is 12.1. The number of hydrogen-bond donors (Lipinski definition) is 2. The third-order valence-corrected chi connectivity index (χ3v) is 9.02. The van der Waals surface area contributed by atoms with Gasteiger partial charge in [0, 0.05) is 31.4 Å². The first-order valence-electron chi connectivity index (χ1n) is 14.6. The van der Waals surface area contributed by atoms with Gasteiger partial charge in [0.1, 0.15) is 32.8 Å². The van der Waals surface area contributed by atoms with E-state index in [0.717, 1.165) is 12.8 Å². The predicted octanol–water partition coefficient (Wildman–Crippen LogP) is 6.35. The van der Waals surface area contributed by atoms with Crippen LogP contribution in [0, 0.1) is 17.2 Å². The summed E-state index contributed by atoms with van der Waals surface area (Å²) in [6.45, 7) is 0.860. The summed E-state index contributed by atoms with van der Waals surface area (Å²) in [4.78, 5) is 48.9. The second kappa shape index (κ2) is 11.5. The highest BCUT2D eigenvalue weighted by Crippen LogP contribution is 2.46. The Labute approximate surface area is 257 Å². The van der Waals surface area contributed by atoms with Gasteiger partial charge in [-0.25, -0.2) is 9.78 Å². The lowest BCUT2D eigenvalue weighted by Crippen LogP contribution is -2.50. The predicted molar refractivity (Wildman–Crippen MR) is 167 cm³/mol. The van der Waals surface area contributed by atoms with E-state index in [1.165, 1.54) is 11.3 Å². The molecule has 1 aliphatic carbocycles. The number of nitrogens with one attached hydrogen (secondary N) is 2. The molecule has 2 aromatic heterocycles. The molecule has 1 saturated heterocycles. The number of likely N-dealkylation sites (tertiary alicyclic amines) is 1. The summed E-state index contributed by atoms with van der Waals surface area (Å²) < 4.78 is 5.99. The minimum absolute atomic E-state index is 0.177. The molecule has 11 heteroatoms. The van der Waals surface area contributed by atoms with Crippen LogP contribution < -0.4 is 20.3 Å². The standard InChI is InChI=1S/C33H28N6O4S/c34-18-21(16-20-11-12-20)32(41)38-15-5-6-22(19-38)36-30(40)29-28-27-26(13-14-35-31(27)44-29)39(33(42)37-28)23-7-4-10-25(17-23)43-24-8-2-1-3-9-24/h1-4,7-10,13-14,16-17,20,22H,5-6,11-12,15,19H2,(H,36,40)(H,37,42)/b21-16+. The molecule has 1 atom stereocenters. The third kappa shape index (κ3) is 5.36. The van der Waals surface area contributed by atoms with E-state index in [4.69, 9.17) is 4.74 Å². The van der Waals surface area contributed by atoms with Crippen LogP contribution in [0.4, 0.5) is 21.9 Å². The largest absolute Gasteiger partial charge is 0.457 e. The zero-order chi connectivity index (χ0) is 30.2. The van der Waals surface area contributed by atoms with Gasteiger partial charge in [-0.15, -0.1) is 11.3 Å². The Balaban J connectivity index is 1.13. The lowest BCUT2D eigenvalue weighted by atomic mass is 10.0. The van der Waals surface area contributed by atoms with Crippen LogP contribution in [0.15, 0.2) is 78.5 Å². The Morgan fingerprint density at radius 1 is 1.09 bits per heavy atom. The number of aromatic nitrogens is 1. The summed E-state index contributed by atoms with van der Waals surface area (Å²) in [7, 11) is 0. The van der Waals surface area contributed by atoms with Gasteiger partial charge in [-0.3, -0.25) is 14.5 Å². The van der Waals surface area contributed by atoms with Crippen molar-refractivity contribution in [1.82, 2.24) is 15.2 Å². The third-order valence-electron chi connectivity index (χ3n) is 7.93. The fraction of sp³-hybridized carbons (Fsp3) is 0.242. The molecule has 220 valence electrons. The number of anilines is 3. The highest BCUT2D eigenvalue weighted by Gasteiger charge is 2.34. The normalized spacial score (nSPS) is 18.0. The van der Waals surface area contributed by atoms with Crippen LogP contribution in [0.25, 0.3) is 10.2 Å². The van der Waals surface area contributed by atoms with Crippen molar-refractivity contribution in [2.45, 2.75) is 31.7 Å². The zero-order valence-electron chi connectivity index (χ0n) is 23.7. The van der Waals surface area contributed by atoms with Gasteiger partial charge < -0.3 is 20.3 Å². The van der Waals surface area contributed by atoms with Crippen molar-refractivity contribution in [3.63, 3.8) is 0 Å². The fourth-order valence-electron chi connectivity index (χ4n) is 5.67. The second-order valence-electron chi connectivity index (χ2n) is 11.1. The molecule has 0 bridgehead atoms. The number of rotatable bonds is 7. The van der Waals surface area contributed by atoms with Crippen LogP contribution in [0.5, 0.6) is 11.5 Å². The van der Waals surface area contributed by atoms with E-state index >= 15 is 0 Å². The molecule has 44 heavy (non-hydrogen) atoms. The summed E-state index contributed by atoms with van der Waals surface area (Å²) in [5.74, 6) is 0.951. The van der Waals surface area contributed by atoms with Gasteiger partial charge >= 0.3 is 6.03 Å². The molecule has 4 heterocycles. The molecule has 2 N–H and O–H groups in total. The van der Waals surface area contributed by atoms with Crippen LogP contribution in [0.2, 0.25) is 0 Å². The maximum Gasteiger partial charge on any atom is 0.331 e. The van der Waals surface area contributed by atoms with Crippen molar-refractivity contribution in [3.05, 3.63) is 83.4 Å². The number of ether oxygens (including phenoxy) is 1. The molecule has 0 radical (unpaired) electrons. The van der Waals surface area contributed by atoms with Crippen LogP contribution in [-0.2, 0) is 4.79 Å². The number of hydrogen-bond acceptors (Lipinski definition) is 7. The summed E-state index contributed by atoms with van der Waals surface area (Å²) in [5, 5.41) is 16.2. The molecular weight excluding hydrogens is 576 g/mol. The van der Waals surface area contributed by atoms with Crippen LogP contribution >= 0.6 is 11.3 Å². The Bertz CT molecular complexity index is 1860. The molecule has 10 nitrogen and oxygen atoms in total. The SMILES string of the molecule is N#C/C(=C\C1CC1)C(=O)N1CCCC(NC(=O)c2sc3nccc4c3c2NC(=O)N4c2cccc(Oc3ccccc3)c2)C1. The maximum atomic E-state index is 13.6. The molecule has 4 amide bonds. The van der Waals surface area contributed by atoms with Gasteiger partial charge in [-0.05, 0) is 61.9 Å². The molecule has 1 saturated carbocycles. The summed E-state index contributed by atoms with van der Waals surface area (Å²) in [5.41, 5.74) is 1.82. The van der Waals surface area contributed by atoms with E-state index in [2.05, 4.69) is 21.7 Å². The summed E-state index contributed by atoms with van der Waals surface area (Å²) >= 11 is 1.21. The number of carbonyl (C=O) groups excluding carboxylic acids is 3. The van der Waals surface area contributed by atoms with Crippen LogP contribution in [0.3, 0.4) is 0 Å². The number of carbonyl (C=O) groups is 3. The van der Waals surface area contributed by atoms with Gasteiger partial charge in [0.05, 0.1) is 22.4 Å². The van der Waals surface area contributed by atoms with Crippen LogP contribution in [-0.4, -0.2) is 46.9 Å². The van der Waals surface area contributed by atoms with Crippen molar-refractivity contribution in [1.29, 1.82) is 5.26 Å². The highest BCUT2D eigenvalue weighted by molar-refractivity contribution is 7.21. The monoisotopic (exact) mass is 604 g/mol. The molecule has 7 rings (SSSR count). The first-order valence-corrected chi connectivity index (χ1v) is 15.4. The fourth-order valence-corrected chi connectivity index (χ4v) is 6.69. The van der Waals surface area contributed by atoms with Gasteiger partial charge in [-0.1, -0.05) is 30.3 Å². The van der Waals surface area contributed by atoms with Gasteiger partial charge in [0.25, 0.3) is 11.8 Å². The number of amides is 4. The quantitative estimate of drug-likeness (QED) is 0.187. The minimum atomic E-state index is -0.407. The Morgan fingerprint density at radius 3 is 2.70 bits per heavy atom. The number of urea groups is 1. The Kier molecular flexibility index (Phi) is 7.20. The number of pyridine rings is 1. The smallest absolute Gasteiger partial charge is 0.331 e. The van der Waals surface area contributed by atoms with Gasteiger partial charge in [0.15, 0.2) is 0 Å². The first-order chi connectivity index (χ1) is 21.5. The topological polar surface area (TPSA) is 128 Å². The molecule has 0 spiro atoms. The van der Waals surface area contributed by atoms with E-state index in [1.807, 2.05) is 48.5 Å². The molecule has 3 aliphatic rings. The number of para-hydroxylation sites is 1. The Hall–Kier alpha value is -5.21. The summed E-state index contributed by atoms with van der Waals surface area (Å²) in [6.07, 6.45) is 6.83. The number of allylic oxidation sites excluding steroid dienone is 1. The Morgan fingerprint density at radius 2 is 1.91 bits per heavy atom. The van der Waals surface area contributed by atoms with E-state index in [0.29, 0.717) is 75.5 Å². The highest BCUT2D eigenvalue weighted by atomic mass is 32.1. The number of thiophene rings is 1. The van der Waals surface area contributed by atoms with Crippen molar-refractivity contribution in [2.75, 3.05) is 23.3 Å². The number of nitrogens with zero attached hydrogens (tertiary/aromatic N) is 4. The lowest BCUT2D eigenvalue weighted by molar-refractivity contribution is -0.128. The maximum absolute atomic E-state index is 13.6. The molecule has 2 aliphatic heterocycles. The molecule has 1 unspecified atom stereocenters. The summed E-state index contributed by atoms with van der Waals surface area (Å²) in [6, 6.07) is 19.8. The van der Waals surface area contributed by atoms with E-state index in [-0.39, 0.29) is 23.4 Å². The lowest BCUT2D eigenvalue weighted by Gasteiger charge is -2.33. The zero-order valence-corrected chi connectivity index (χ0v) is 24.5. The van der Waals surface area contributed by atoms with E-state index in [9.17, 15) is 19.6 Å². The van der Waals surface area contributed by atoms with Crippen molar-refractivity contribution >= 4 is 56.5 Å². The average molecular weight is 605 g/mol. The van der Waals surface area contributed by atoms with Gasteiger partial charge in [-0.2, -0.15) is 5.26 Å². The van der Waals surface area contributed by atoms with Crippen molar-refractivity contribution in [2.24, 2.45) is 5.92 Å².